The van der Waals surface area contributed by atoms with Crippen molar-refractivity contribution in [3.05, 3.63) is 0 Å². The van der Waals surface area contributed by atoms with Gasteiger partial charge in [0.25, 0.3) is 0 Å². The molecule has 2 heteroatoms. The van der Waals surface area contributed by atoms with E-state index in [9.17, 15) is 9.59 Å². The smallest absolute Gasteiger partial charge is 0.122 e. The SMILES string of the molecule is CC(C=O)CCC(C)CC=O. The lowest BCUT2D eigenvalue weighted by molar-refractivity contribution is -0.110. The number of rotatable bonds is 6. The van der Waals surface area contributed by atoms with Crippen molar-refractivity contribution in [3.8, 4) is 0 Å². The van der Waals surface area contributed by atoms with E-state index in [-0.39, 0.29) is 5.92 Å². The average Bonchev–Trinajstić information content (AvgIpc) is 2.01. The first-order valence-electron chi connectivity index (χ1n) is 4.09. The average molecular weight is 156 g/mol. The molecule has 0 saturated heterocycles. The molecule has 2 unspecified atom stereocenters. The molecule has 0 rings (SSSR count). The summed E-state index contributed by atoms with van der Waals surface area (Å²) in [6.07, 6.45) is 4.40. The van der Waals surface area contributed by atoms with Gasteiger partial charge in [-0.3, -0.25) is 0 Å². The van der Waals surface area contributed by atoms with Crippen molar-refractivity contribution in [2.24, 2.45) is 11.8 Å². The van der Waals surface area contributed by atoms with Gasteiger partial charge in [-0.15, -0.1) is 0 Å². The van der Waals surface area contributed by atoms with Crippen LogP contribution in [0.2, 0.25) is 0 Å². The van der Waals surface area contributed by atoms with E-state index in [1.807, 2.05) is 13.8 Å². The Morgan fingerprint density at radius 1 is 1.18 bits per heavy atom. The topological polar surface area (TPSA) is 34.1 Å². The molecule has 2 atom stereocenters. The Morgan fingerprint density at radius 3 is 2.27 bits per heavy atom. The van der Waals surface area contributed by atoms with E-state index in [1.54, 1.807) is 0 Å². The Balaban J connectivity index is 3.36. The van der Waals surface area contributed by atoms with Crippen LogP contribution < -0.4 is 0 Å². The monoisotopic (exact) mass is 156 g/mol. The van der Waals surface area contributed by atoms with Crippen LogP contribution in [0.4, 0.5) is 0 Å². The van der Waals surface area contributed by atoms with Crippen molar-refractivity contribution in [3.63, 3.8) is 0 Å². The van der Waals surface area contributed by atoms with E-state index in [0.717, 1.165) is 25.4 Å². The van der Waals surface area contributed by atoms with E-state index >= 15 is 0 Å². The zero-order valence-corrected chi connectivity index (χ0v) is 7.25. The van der Waals surface area contributed by atoms with E-state index in [4.69, 9.17) is 0 Å². The van der Waals surface area contributed by atoms with Crippen LogP contribution in [0.15, 0.2) is 0 Å². The maximum atomic E-state index is 10.2. The molecule has 0 radical (unpaired) electrons. The maximum absolute atomic E-state index is 10.2. The van der Waals surface area contributed by atoms with Gasteiger partial charge in [0.1, 0.15) is 12.6 Å². The van der Waals surface area contributed by atoms with Crippen LogP contribution in [0.5, 0.6) is 0 Å². The molecule has 0 aliphatic carbocycles. The van der Waals surface area contributed by atoms with Gasteiger partial charge in [0.2, 0.25) is 0 Å². The van der Waals surface area contributed by atoms with Gasteiger partial charge in [0.05, 0.1) is 0 Å². The molecule has 0 aliphatic heterocycles. The summed E-state index contributed by atoms with van der Waals surface area (Å²) in [4.78, 5) is 20.3. The highest BCUT2D eigenvalue weighted by Crippen LogP contribution is 2.12. The minimum absolute atomic E-state index is 0.143. The molecule has 0 spiro atoms. The van der Waals surface area contributed by atoms with Crippen molar-refractivity contribution in [1.82, 2.24) is 0 Å². The summed E-state index contributed by atoms with van der Waals surface area (Å²) in [5.74, 6) is 0.569. The van der Waals surface area contributed by atoms with Gasteiger partial charge < -0.3 is 9.59 Å². The van der Waals surface area contributed by atoms with Gasteiger partial charge in [0.15, 0.2) is 0 Å². The van der Waals surface area contributed by atoms with Crippen LogP contribution in [-0.4, -0.2) is 12.6 Å². The Hall–Kier alpha value is -0.660. The Morgan fingerprint density at radius 2 is 1.82 bits per heavy atom. The first-order valence-corrected chi connectivity index (χ1v) is 4.09. The van der Waals surface area contributed by atoms with Gasteiger partial charge in [-0.05, 0) is 18.8 Å². The first kappa shape index (κ1) is 10.3. The van der Waals surface area contributed by atoms with Crippen LogP contribution in [0.3, 0.4) is 0 Å². The standard InChI is InChI=1S/C9H16O2/c1-8(5-6-10)3-4-9(2)7-11/h6-9H,3-5H2,1-2H3. The number of aldehydes is 2. The summed E-state index contributed by atoms with van der Waals surface area (Å²) in [5, 5.41) is 0. The van der Waals surface area contributed by atoms with Gasteiger partial charge >= 0.3 is 0 Å². The van der Waals surface area contributed by atoms with Crippen LogP contribution >= 0.6 is 0 Å². The van der Waals surface area contributed by atoms with Crippen molar-refractivity contribution in [2.75, 3.05) is 0 Å². The third-order valence-corrected chi connectivity index (χ3v) is 1.85. The molecule has 2 nitrogen and oxygen atoms in total. The van der Waals surface area contributed by atoms with Crippen molar-refractivity contribution >= 4 is 12.6 Å². The van der Waals surface area contributed by atoms with Gasteiger partial charge in [-0.1, -0.05) is 13.8 Å². The highest BCUT2D eigenvalue weighted by molar-refractivity contribution is 5.52. The lowest BCUT2D eigenvalue weighted by Gasteiger charge is -2.07. The second-order valence-electron chi connectivity index (χ2n) is 3.20. The molecule has 0 aromatic rings. The summed E-state index contributed by atoms with van der Waals surface area (Å²) >= 11 is 0. The summed E-state index contributed by atoms with van der Waals surface area (Å²) < 4.78 is 0. The predicted molar refractivity (Wildman–Crippen MR) is 44.3 cm³/mol. The zero-order valence-electron chi connectivity index (χ0n) is 7.25. The number of hydrogen-bond acceptors (Lipinski definition) is 2. The predicted octanol–water partition coefficient (Wildman–Crippen LogP) is 1.83. The zero-order chi connectivity index (χ0) is 8.69. The highest BCUT2D eigenvalue weighted by Gasteiger charge is 2.04. The van der Waals surface area contributed by atoms with Gasteiger partial charge in [-0.25, -0.2) is 0 Å². The molecular weight excluding hydrogens is 140 g/mol. The van der Waals surface area contributed by atoms with Crippen molar-refractivity contribution < 1.29 is 9.59 Å². The van der Waals surface area contributed by atoms with Crippen molar-refractivity contribution in [2.45, 2.75) is 33.1 Å². The van der Waals surface area contributed by atoms with Crippen LogP contribution in [-0.2, 0) is 9.59 Å². The molecule has 0 N–H and O–H groups in total. The van der Waals surface area contributed by atoms with Crippen LogP contribution in [0, 0.1) is 11.8 Å². The molecule has 0 heterocycles. The van der Waals surface area contributed by atoms with E-state index in [0.29, 0.717) is 12.3 Å². The molecule has 0 aromatic carbocycles. The largest absolute Gasteiger partial charge is 0.303 e. The fourth-order valence-corrected chi connectivity index (χ4v) is 0.898. The molecule has 64 valence electrons. The second kappa shape index (κ2) is 6.08. The summed E-state index contributed by atoms with van der Waals surface area (Å²) in [5.41, 5.74) is 0. The Kier molecular flexibility index (Phi) is 5.71. The number of carbonyl (C=O) groups excluding carboxylic acids is 2. The quantitative estimate of drug-likeness (QED) is 0.550. The molecule has 0 bridgehead atoms. The molecule has 0 saturated carbocycles. The molecule has 0 aromatic heterocycles. The molecular formula is C9H16O2. The van der Waals surface area contributed by atoms with Gasteiger partial charge in [0, 0.05) is 12.3 Å². The molecule has 0 aliphatic rings. The third kappa shape index (κ3) is 5.77. The number of hydrogen-bond donors (Lipinski definition) is 0. The van der Waals surface area contributed by atoms with Crippen LogP contribution in [0.1, 0.15) is 33.1 Å². The summed E-state index contributed by atoms with van der Waals surface area (Å²) in [7, 11) is 0. The highest BCUT2D eigenvalue weighted by atomic mass is 16.1. The fraction of sp³-hybridized carbons (Fsp3) is 0.778. The second-order valence-corrected chi connectivity index (χ2v) is 3.20. The fourth-order valence-electron chi connectivity index (χ4n) is 0.898. The third-order valence-electron chi connectivity index (χ3n) is 1.85. The van der Waals surface area contributed by atoms with E-state index in [1.165, 1.54) is 0 Å². The Bertz CT molecular complexity index is 121. The first-order chi connectivity index (χ1) is 5.20. The lowest BCUT2D eigenvalue weighted by Crippen LogP contribution is -2.01. The van der Waals surface area contributed by atoms with Gasteiger partial charge in [-0.2, -0.15) is 0 Å². The van der Waals surface area contributed by atoms with E-state index in [2.05, 4.69) is 0 Å². The molecule has 0 fully saturated rings. The molecule has 11 heavy (non-hydrogen) atoms. The maximum Gasteiger partial charge on any atom is 0.122 e. The normalized spacial score (nSPS) is 15.5. The van der Waals surface area contributed by atoms with Crippen LogP contribution in [0.25, 0.3) is 0 Å². The molecule has 0 amide bonds. The number of carbonyl (C=O) groups is 2. The minimum Gasteiger partial charge on any atom is -0.303 e. The van der Waals surface area contributed by atoms with E-state index < -0.39 is 0 Å². The lowest BCUT2D eigenvalue weighted by atomic mass is 9.97. The summed E-state index contributed by atoms with van der Waals surface area (Å²) in [6, 6.07) is 0. The van der Waals surface area contributed by atoms with Crippen molar-refractivity contribution in [1.29, 1.82) is 0 Å². The Labute approximate surface area is 68.0 Å². The minimum atomic E-state index is 0.143. The summed E-state index contributed by atoms with van der Waals surface area (Å²) in [6.45, 7) is 3.94.